The molecule has 0 aliphatic heterocycles. The number of pyridine rings is 1. The van der Waals surface area contributed by atoms with Crippen LogP contribution in [0, 0.1) is 11.3 Å². The van der Waals surface area contributed by atoms with Crippen molar-refractivity contribution in [2.45, 2.75) is 13.0 Å². The number of rotatable bonds is 3. The van der Waals surface area contributed by atoms with E-state index in [-0.39, 0.29) is 17.0 Å². The molecule has 0 atom stereocenters. The SMILES string of the molecule is COc1cc(C(F)F)nc(C#N)c1CO. The predicted molar refractivity (Wildman–Crippen MR) is 46.4 cm³/mol. The van der Waals surface area contributed by atoms with Gasteiger partial charge in [0.25, 0.3) is 6.43 Å². The van der Waals surface area contributed by atoms with Gasteiger partial charge in [0.1, 0.15) is 23.2 Å². The van der Waals surface area contributed by atoms with E-state index in [1.54, 1.807) is 6.07 Å². The largest absolute Gasteiger partial charge is 0.496 e. The molecule has 0 aliphatic rings. The molecule has 15 heavy (non-hydrogen) atoms. The summed E-state index contributed by atoms with van der Waals surface area (Å²) in [5.74, 6) is 0.0411. The van der Waals surface area contributed by atoms with E-state index in [9.17, 15) is 8.78 Å². The van der Waals surface area contributed by atoms with E-state index in [2.05, 4.69) is 4.98 Å². The minimum Gasteiger partial charge on any atom is -0.496 e. The lowest BCUT2D eigenvalue weighted by atomic mass is 10.1. The molecule has 0 unspecified atom stereocenters. The van der Waals surface area contributed by atoms with E-state index in [1.807, 2.05) is 0 Å². The smallest absolute Gasteiger partial charge is 0.280 e. The summed E-state index contributed by atoms with van der Waals surface area (Å²) in [5, 5.41) is 17.6. The Labute approximate surface area is 84.7 Å². The first-order chi connectivity index (χ1) is 7.13. The molecule has 1 heterocycles. The zero-order valence-corrected chi connectivity index (χ0v) is 7.87. The van der Waals surface area contributed by atoms with E-state index in [0.717, 1.165) is 6.07 Å². The molecule has 1 rings (SSSR count). The second-order valence-corrected chi connectivity index (χ2v) is 2.65. The molecule has 0 amide bonds. The molecular weight excluding hydrogens is 206 g/mol. The number of methoxy groups -OCH3 is 1. The number of aromatic nitrogens is 1. The molecule has 1 aromatic rings. The van der Waals surface area contributed by atoms with Crippen LogP contribution in [0.15, 0.2) is 6.07 Å². The van der Waals surface area contributed by atoms with Crippen LogP contribution in [0.5, 0.6) is 5.75 Å². The minimum absolute atomic E-state index is 0.0411. The lowest BCUT2D eigenvalue weighted by molar-refractivity contribution is 0.145. The van der Waals surface area contributed by atoms with Crippen molar-refractivity contribution in [3.63, 3.8) is 0 Å². The average molecular weight is 214 g/mol. The number of aliphatic hydroxyl groups excluding tert-OH is 1. The van der Waals surface area contributed by atoms with Crippen molar-refractivity contribution in [3.05, 3.63) is 23.0 Å². The monoisotopic (exact) mass is 214 g/mol. The Morgan fingerprint density at radius 2 is 2.33 bits per heavy atom. The summed E-state index contributed by atoms with van der Waals surface area (Å²) in [4.78, 5) is 3.42. The van der Waals surface area contributed by atoms with E-state index >= 15 is 0 Å². The van der Waals surface area contributed by atoms with Crippen molar-refractivity contribution in [1.29, 1.82) is 5.26 Å². The molecule has 4 nitrogen and oxygen atoms in total. The molecule has 0 saturated heterocycles. The minimum atomic E-state index is -2.78. The Bertz CT molecular complexity index is 402. The number of alkyl halides is 2. The van der Waals surface area contributed by atoms with E-state index < -0.39 is 18.7 Å². The highest BCUT2D eigenvalue weighted by atomic mass is 19.3. The second-order valence-electron chi connectivity index (χ2n) is 2.65. The molecule has 0 aliphatic carbocycles. The summed E-state index contributed by atoms with van der Waals surface area (Å²) in [6.07, 6.45) is -2.78. The normalized spacial score (nSPS) is 10.1. The molecule has 6 heteroatoms. The van der Waals surface area contributed by atoms with Gasteiger partial charge < -0.3 is 9.84 Å². The van der Waals surface area contributed by atoms with Crippen molar-refractivity contribution >= 4 is 0 Å². The summed E-state index contributed by atoms with van der Waals surface area (Å²) in [5.41, 5.74) is -0.669. The maximum atomic E-state index is 12.3. The summed E-state index contributed by atoms with van der Waals surface area (Å²) in [6, 6.07) is 2.64. The van der Waals surface area contributed by atoms with Gasteiger partial charge in [0.05, 0.1) is 19.3 Å². The van der Waals surface area contributed by atoms with Crippen LogP contribution in [-0.2, 0) is 6.61 Å². The van der Waals surface area contributed by atoms with Crippen LogP contribution in [-0.4, -0.2) is 17.2 Å². The maximum absolute atomic E-state index is 12.3. The third kappa shape index (κ3) is 2.19. The fourth-order valence-corrected chi connectivity index (χ4v) is 1.11. The summed E-state index contributed by atoms with van der Waals surface area (Å²) in [6.45, 7) is -0.484. The van der Waals surface area contributed by atoms with Gasteiger partial charge in [-0.2, -0.15) is 5.26 Å². The van der Waals surface area contributed by atoms with Gasteiger partial charge in [-0.3, -0.25) is 0 Å². The molecule has 1 N–H and O–H groups in total. The summed E-state index contributed by atoms with van der Waals surface area (Å²) < 4.78 is 29.5. The van der Waals surface area contributed by atoms with E-state index in [0.29, 0.717) is 0 Å². The van der Waals surface area contributed by atoms with Gasteiger partial charge in [0.2, 0.25) is 0 Å². The van der Waals surface area contributed by atoms with Crippen LogP contribution < -0.4 is 4.74 Å². The standard InChI is InChI=1S/C9H8F2N2O2/c1-15-8-2-6(9(10)11)13-7(3-12)5(8)4-14/h2,9,14H,4H2,1H3. The first-order valence-electron chi connectivity index (χ1n) is 4.01. The zero-order chi connectivity index (χ0) is 11.4. The third-order valence-electron chi connectivity index (χ3n) is 1.81. The van der Waals surface area contributed by atoms with Crippen LogP contribution in [0.1, 0.15) is 23.4 Å². The molecule has 0 aromatic carbocycles. The number of nitrogens with zero attached hydrogens (tertiary/aromatic N) is 2. The average Bonchev–Trinajstić information content (AvgIpc) is 2.26. The Morgan fingerprint density at radius 3 is 2.73 bits per heavy atom. The molecule has 0 fully saturated rings. The molecule has 0 bridgehead atoms. The predicted octanol–water partition coefficient (Wildman–Crippen LogP) is 1.39. The van der Waals surface area contributed by atoms with Crippen LogP contribution in [0.2, 0.25) is 0 Å². The van der Waals surface area contributed by atoms with Crippen molar-refractivity contribution in [1.82, 2.24) is 4.98 Å². The summed E-state index contributed by atoms with van der Waals surface area (Å²) in [7, 11) is 1.27. The van der Waals surface area contributed by atoms with E-state index in [4.69, 9.17) is 15.1 Å². The first-order valence-corrected chi connectivity index (χ1v) is 4.01. The van der Waals surface area contributed by atoms with Crippen LogP contribution in [0.3, 0.4) is 0 Å². The number of hydrogen-bond donors (Lipinski definition) is 1. The van der Waals surface area contributed by atoms with Gasteiger partial charge in [-0.25, -0.2) is 13.8 Å². The van der Waals surface area contributed by atoms with Crippen LogP contribution in [0.25, 0.3) is 0 Å². The van der Waals surface area contributed by atoms with E-state index in [1.165, 1.54) is 7.11 Å². The third-order valence-corrected chi connectivity index (χ3v) is 1.81. The van der Waals surface area contributed by atoms with Crippen molar-refractivity contribution in [3.8, 4) is 11.8 Å². The highest BCUT2D eigenvalue weighted by Crippen LogP contribution is 2.26. The zero-order valence-electron chi connectivity index (χ0n) is 7.87. The van der Waals surface area contributed by atoms with Crippen molar-refractivity contribution in [2.75, 3.05) is 7.11 Å². The first kappa shape index (κ1) is 11.3. The molecule has 0 spiro atoms. The number of ether oxygens (including phenoxy) is 1. The van der Waals surface area contributed by atoms with Gasteiger partial charge in [0.15, 0.2) is 0 Å². The lowest BCUT2D eigenvalue weighted by Gasteiger charge is -2.09. The maximum Gasteiger partial charge on any atom is 0.280 e. The Hall–Kier alpha value is -1.74. The second kappa shape index (κ2) is 4.66. The van der Waals surface area contributed by atoms with Gasteiger partial charge in [-0.1, -0.05) is 0 Å². The molecule has 0 radical (unpaired) electrons. The number of halogens is 2. The van der Waals surface area contributed by atoms with Gasteiger partial charge in [0, 0.05) is 6.07 Å². The molecule has 0 saturated carbocycles. The Balaban J connectivity index is 3.37. The van der Waals surface area contributed by atoms with Crippen LogP contribution in [0.4, 0.5) is 8.78 Å². The quantitative estimate of drug-likeness (QED) is 0.825. The van der Waals surface area contributed by atoms with Gasteiger partial charge >= 0.3 is 0 Å². The molecular formula is C9H8F2N2O2. The fraction of sp³-hybridized carbons (Fsp3) is 0.333. The fourth-order valence-electron chi connectivity index (χ4n) is 1.11. The molecule has 80 valence electrons. The Kier molecular flexibility index (Phi) is 3.52. The number of aliphatic hydroxyl groups is 1. The van der Waals surface area contributed by atoms with Crippen molar-refractivity contribution < 1.29 is 18.6 Å². The number of hydrogen-bond acceptors (Lipinski definition) is 4. The number of nitriles is 1. The lowest BCUT2D eigenvalue weighted by Crippen LogP contribution is -2.02. The van der Waals surface area contributed by atoms with Gasteiger partial charge in [-0.15, -0.1) is 0 Å². The Morgan fingerprint density at radius 1 is 1.67 bits per heavy atom. The van der Waals surface area contributed by atoms with Gasteiger partial charge in [-0.05, 0) is 0 Å². The van der Waals surface area contributed by atoms with Crippen LogP contribution >= 0.6 is 0 Å². The summed E-state index contributed by atoms with van der Waals surface area (Å²) >= 11 is 0. The molecule has 1 aromatic heterocycles. The topological polar surface area (TPSA) is 66.1 Å². The van der Waals surface area contributed by atoms with Crippen molar-refractivity contribution in [2.24, 2.45) is 0 Å². The highest BCUT2D eigenvalue weighted by Gasteiger charge is 2.17. The highest BCUT2D eigenvalue weighted by molar-refractivity contribution is 5.43.